The summed E-state index contributed by atoms with van der Waals surface area (Å²) in [5.41, 5.74) is 5.57. The van der Waals surface area contributed by atoms with Crippen LogP contribution in [-0.4, -0.2) is 74.1 Å². The molecule has 22 heteroatoms. The Balaban J connectivity index is 1.67. The number of halogens is 10. The minimum Gasteiger partial charge on any atom is -0.408 e. The molecule has 4 aromatic rings. The number of aryl methyl sites for hydroxylation is 1. The lowest BCUT2D eigenvalue weighted by molar-refractivity contribution is -0.120. The number of aliphatic imine (C=N–C) groups is 2. The second kappa shape index (κ2) is 17.1. The van der Waals surface area contributed by atoms with Gasteiger partial charge in [-0.1, -0.05) is 30.7 Å². The van der Waals surface area contributed by atoms with Crippen LogP contribution >= 0.6 is 11.6 Å². The lowest BCUT2D eigenvalue weighted by Gasteiger charge is -2.23. The number of alkyl halides is 7. The molecule has 0 unspecified atom stereocenters. The molecule has 0 bridgehead atoms. The van der Waals surface area contributed by atoms with Gasteiger partial charge in [0.2, 0.25) is 11.8 Å². The molecule has 0 saturated heterocycles. The Kier molecular flexibility index (Phi) is 12.9. The number of aromatic nitrogens is 3. The van der Waals surface area contributed by atoms with E-state index in [1.54, 1.807) is 6.92 Å². The Hall–Kier alpha value is -5.70. The zero-order chi connectivity index (χ0) is 44.6. The highest BCUT2D eigenvalue weighted by atomic mass is 35.5. The first-order chi connectivity index (χ1) is 27.8. The molecule has 0 radical (unpaired) electrons. The van der Waals surface area contributed by atoms with Gasteiger partial charge in [-0.05, 0) is 63.4 Å². The monoisotopic (exact) mass is 873 g/mol. The Labute approximate surface area is 340 Å². The van der Waals surface area contributed by atoms with Gasteiger partial charge in [-0.2, -0.15) is 32.0 Å². The van der Waals surface area contributed by atoms with Crippen LogP contribution in [0.1, 0.15) is 50.2 Å². The third-order valence-electron chi connectivity index (χ3n) is 9.24. The number of carbonyl (C=O) groups excluding carboxylic acids is 1. The Morgan fingerprint density at radius 1 is 1.12 bits per heavy atom. The van der Waals surface area contributed by atoms with Gasteiger partial charge in [-0.15, -0.1) is 0 Å². The number of nitrogens with one attached hydrogen (secondary N) is 2. The second-order valence-corrected chi connectivity index (χ2v) is 14.8. The summed E-state index contributed by atoms with van der Waals surface area (Å²) in [7, 11) is 0. The van der Waals surface area contributed by atoms with E-state index in [2.05, 4.69) is 25.4 Å². The minimum absolute atomic E-state index is 0.0367. The molecule has 7 N–H and O–H groups in total. The van der Waals surface area contributed by atoms with Gasteiger partial charge in [0.1, 0.15) is 41.7 Å². The maximum absolute atomic E-state index is 15.2. The first-order valence-corrected chi connectivity index (χ1v) is 18.2. The molecule has 2 aromatic heterocycles. The number of amidine groups is 1. The van der Waals surface area contributed by atoms with Gasteiger partial charge in [0.05, 0.1) is 27.7 Å². The molecule has 1 fully saturated rings. The fourth-order valence-corrected chi connectivity index (χ4v) is 6.63. The van der Waals surface area contributed by atoms with Crippen molar-refractivity contribution in [2.75, 3.05) is 6.54 Å². The van der Waals surface area contributed by atoms with Crippen LogP contribution in [0.5, 0.6) is 0 Å². The smallest absolute Gasteiger partial charge is 0.408 e. The lowest BCUT2D eigenvalue weighted by atomic mass is 9.93. The van der Waals surface area contributed by atoms with Crippen LogP contribution in [0.4, 0.5) is 45.3 Å². The van der Waals surface area contributed by atoms with Crippen LogP contribution in [-0.2, 0) is 22.5 Å². The second-order valence-electron chi connectivity index (χ2n) is 14.4. The van der Waals surface area contributed by atoms with Crippen LogP contribution < -0.4 is 16.8 Å². The van der Waals surface area contributed by atoms with Crippen molar-refractivity contribution >= 4 is 51.9 Å². The van der Waals surface area contributed by atoms with E-state index in [1.807, 2.05) is 0 Å². The molecule has 1 amide bonds. The van der Waals surface area contributed by atoms with E-state index in [1.165, 1.54) is 38.1 Å². The number of hydrogen-bond acceptors (Lipinski definition) is 9. The highest BCUT2D eigenvalue weighted by molar-refractivity contribution is 6.37. The molecule has 2 atom stereocenters. The molecule has 0 spiro atoms. The highest BCUT2D eigenvalue weighted by Crippen LogP contribution is 2.45. The average Bonchev–Trinajstić information content (AvgIpc) is 3.57. The first-order valence-electron chi connectivity index (χ1n) is 17.8. The number of carbonyl (C=O) groups is 1. The van der Waals surface area contributed by atoms with Gasteiger partial charge < -0.3 is 26.6 Å². The van der Waals surface area contributed by atoms with Gasteiger partial charge in [0.15, 0.2) is 5.82 Å². The van der Waals surface area contributed by atoms with E-state index < -0.39 is 108 Å². The quantitative estimate of drug-likeness (QED) is 0.0582. The van der Waals surface area contributed by atoms with Crippen molar-refractivity contribution in [2.45, 2.75) is 77.2 Å². The molecule has 0 aliphatic heterocycles. The molecule has 2 heterocycles. The number of aliphatic hydroxyl groups is 1. The third-order valence-corrected chi connectivity index (χ3v) is 9.55. The summed E-state index contributed by atoms with van der Waals surface area (Å²) < 4.78 is 134. The van der Waals surface area contributed by atoms with Crippen LogP contribution in [0.3, 0.4) is 0 Å². The van der Waals surface area contributed by atoms with Crippen LogP contribution in [0.2, 0.25) is 5.02 Å². The zero-order valence-corrected chi connectivity index (χ0v) is 32.8. The normalized spacial score (nSPS) is 18.0. The first kappa shape index (κ1) is 45.4. The van der Waals surface area contributed by atoms with Crippen molar-refractivity contribution in [1.29, 1.82) is 5.41 Å². The summed E-state index contributed by atoms with van der Waals surface area (Å²) in [5, 5.41) is 24.6. The molecular weight excluding hydrogens is 837 g/mol. The third kappa shape index (κ3) is 10.0. The minimum atomic E-state index is -5.18. The molecule has 12 nitrogen and oxygen atoms in total. The van der Waals surface area contributed by atoms with E-state index in [9.17, 15) is 40.6 Å². The maximum Gasteiger partial charge on any atom is 0.431 e. The van der Waals surface area contributed by atoms with Crippen LogP contribution in [0.25, 0.3) is 22.0 Å². The van der Waals surface area contributed by atoms with Crippen LogP contribution in [0, 0.1) is 29.9 Å². The largest absolute Gasteiger partial charge is 0.431 e. The van der Waals surface area contributed by atoms with Crippen molar-refractivity contribution in [1.82, 2.24) is 20.1 Å². The van der Waals surface area contributed by atoms with E-state index in [0.29, 0.717) is 11.8 Å². The number of allylic oxidation sites excluding steroid dienone is 2. The molecule has 1 saturated carbocycles. The summed E-state index contributed by atoms with van der Waals surface area (Å²) in [6.07, 6.45) is -9.39. The fraction of sp³-hybridized carbons (Fsp3) is 0.368. The number of fused-ring (bicyclic) bond motifs is 1. The molecule has 322 valence electrons. The van der Waals surface area contributed by atoms with E-state index >= 15 is 8.78 Å². The van der Waals surface area contributed by atoms with E-state index in [4.69, 9.17) is 33.2 Å². The van der Waals surface area contributed by atoms with Crippen molar-refractivity contribution in [2.24, 2.45) is 27.4 Å². The standard InChI is InChI=1S/C38H37ClF9N9O3/c1-16-9-23(31(49)38(46,47)48)32(37(16,44)45)52-14-27(58)54-25(12-18-10-19(40)13-20(41)11-18)29-21(6-5-17(2)53-29)22-7-8-24(39)28-30(22)57(15-26(42)43)56-33(28)55-35(51)60-34(50)36(3,4)59/h5-8,10-11,13,16,25-26,50,59H,9,12,14-15,49H2,1-4H3,(H,54,58)(H2,51,55,56)/t16-,25+/m1/s1. The number of hydrogen-bond donors (Lipinski definition) is 5. The fourth-order valence-electron chi connectivity index (χ4n) is 6.39. The molecule has 1 aliphatic carbocycles. The van der Waals surface area contributed by atoms with E-state index in [-0.39, 0.29) is 44.1 Å². The number of amides is 1. The summed E-state index contributed by atoms with van der Waals surface area (Å²) in [6.45, 7) is 2.82. The van der Waals surface area contributed by atoms with Gasteiger partial charge in [-0.3, -0.25) is 24.9 Å². The number of nitrogens with zero attached hydrogens (tertiary/aromatic N) is 5. The van der Waals surface area contributed by atoms with Crippen molar-refractivity contribution < 1.29 is 54.2 Å². The van der Waals surface area contributed by atoms with Crippen LogP contribution in [0.15, 0.2) is 63.7 Å². The number of pyridine rings is 1. The Bertz CT molecular complexity index is 2410. The molecule has 5 rings (SSSR count). The number of nitrogens with two attached hydrogens (primary N) is 2. The average molecular weight is 874 g/mol. The SMILES string of the molecule is Cc1ccc(-c2ccc(Cl)c3c(N=C(N)OC(=N)C(C)(C)O)nn(CC(F)F)c23)c([C@H](Cc2cc(F)cc(F)c2)NC(=O)CN=C2C(=C(N)C(F)(F)F)C[C@@H](C)C2(F)F)n1. The summed E-state index contributed by atoms with van der Waals surface area (Å²) in [6, 6.07) is 6.09. The predicted octanol–water partition coefficient (Wildman–Crippen LogP) is 7.61. The van der Waals surface area contributed by atoms with Crippen molar-refractivity contribution in [3.05, 3.63) is 87.3 Å². The van der Waals surface area contributed by atoms with Gasteiger partial charge >= 0.3 is 6.18 Å². The maximum atomic E-state index is 15.2. The molecule has 60 heavy (non-hydrogen) atoms. The number of benzene rings is 2. The number of ether oxygens (including phenoxy) is 1. The van der Waals surface area contributed by atoms with Crippen molar-refractivity contribution in [3.63, 3.8) is 0 Å². The van der Waals surface area contributed by atoms with Crippen molar-refractivity contribution in [3.8, 4) is 11.1 Å². The molecule has 1 aliphatic rings. The molecule has 2 aromatic carbocycles. The zero-order valence-electron chi connectivity index (χ0n) is 32.0. The predicted molar refractivity (Wildman–Crippen MR) is 204 cm³/mol. The van der Waals surface area contributed by atoms with Gasteiger partial charge in [0, 0.05) is 34.4 Å². The molecular formula is C38H37ClF9N9O3. The summed E-state index contributed by atoms with van der Waals surface area (Å²) in [5.74, 6) is -9.73. The summed E-state index contributed by atoms with van der Waals surface area (Å²) >= 11 is 6.58. The Morgan fingerprint density at radius 2 is 1.75 bits per heavy atom. The Morgan fingerprint density at radius 3 is 2.35 bits per heavy atom. The topological polar surface area (TPSA) is 190 Å². The highest BCUT2D eigenvalue weighted by Gasteiger charge is 2.53. The summed E-state index contributed by atoms with van der Waals surface area (Å²) in [4.78, 5) is 25.8. The van der Waals surface area contributed by atoms with Gasteiger partial charge in [-0.25, -0.2) is 17.6 Å². The number of rotatable bonds is 11. The van der Waals surface area contributed by atoms with Gasteiger partial charge in [0.25, 0.3) is 18.4 Å². The van der Waals surface area contributed by atoms with E-state index in [0.717, 1.165) is 23.7 Å². The lowest BCUT2D eigenvalue weighted by Crippen LogP contribution is -2.36.